The third-order valence-corrected chi connectivity index (χ3v) is 3.69. The quantitative estimate of drug-likeness (QED) is 0.599. The van der Waals surface area contributed by atoms with Crippen molar-refractivity contribution in [1.29, 1.82) is 0 Å². The van der Waals surface area contributed by atoms with Crippen LogP contribution in [0.5, 0.6) is 0 Å². The number of carbonyl (C=O) groups excluding carboxylic acids is 1. The Bertz CT molecular complexity index is 618. The zero-order valence-corrected chi connectivity index (χ0v) is 13.2. The van der Waals surface area contributed by atoms with Gasteiger partial charge in [0.15, 0.2) is 0 Å². The fourth-order valence-corrected chi connectivity index (χ4v) is 2.47. The number of β-amino-alcohol motifs (C(OH)–C–C–N with tert-alkyl or cyclic N) is 1. The monoisotopic (exact) mass is 314 g/mol. The van der Waals surface area contributed by atoms with Crippen LogP contribution in [0.25, 0.3) is 6.08 Å². The van der Waals surface area contributed by atoms with Gasteiger partial charge in [0.25, 0.3) is 0 Å². The molecule has 2 heterocycles. The van der Waals surface area contributed by atoms with Crippen LogP contribution in [0.4, 0.5) is 0 Å². The molecule has 0 saturated carbocycles. The number of aryl methyl sites for hydroxylation is 1. The van der Waals surface area contributed by atoms with Crippen molar-refractivity contribution in [2.24, 2.45) is 4.99 Å². The molecule has 0 spiro atoms. The predicted molar refractivity (Wildman–Crippen MR) is 86.3 cm³/mol. The summed E-state index contributed by atoms with van der Waals surface area (Å²) in [6, 6.07) is -0.557. The van der Waals surface area contributed by atoms with Crippen LogP contribution in [-0.2, 0) is 9.50 Å². The van der Waals surface area contributed by atoms with E-state index in [1.807, 2.05) is 6.92 Å². The molecule has 0 aromatic carbocycles. The third-order valence-electron chi connectivity index (χ3n) is 3.69. The molecule has 23 heavy (non-hydrogen) atoms. The number of likely N-dealkylation sites (tertiary alicyclic amines) is 1. The van der Waals surface area contributed by atoms with Crippen LogP contribution >= 0.6 is 0 Å². The number of amides is 1. The Morgan fingerprint density at radius 1 is 1.52 bits per heavy atom. The fraction of sp³-hybridized carbons (Fsp3) is 0.467. The first kappa shape index (κ1) is 17.1. The van der Waals surface area contributed by atoms with Crippen molar-refractivity contribution < 1.29 is 14.6 Å². The van der Waals surface area contributed by atoms with E-state index in [0.717, 1.165) is 11.7 Å². The van der Waals surface area contributed by atoms with Crippen molar-refractivity contribution in [2.45, 2.75) is 38.5 Å². The average molecular weight is 314 g/mol. The van der Waals surface area contributed by atoms with Crippen LogP contribution in [0, 0.1) is 6.92 Å². The van der Waals surface area contributed by atoms with E-state index >= 15 is 0 Å². The third kappa shape index (κ3) is 4.62. The summed E-state index contributed by atoms with van der Waals surface area (Å²) in [5.41, 5.74) is 0.781. The SMILES string of the molecule is Cc1ncc(/C=C/C(O)CN2C(=O)C(N=CB=O)CC2C)cn1. The summed E-state index contributed by atoms with van der Waals surface area (Å²) in [6.45, 7) is 3.89. The molecule has 0 aliphatic carbocycles. The summed E-state index contributed by atoms with van der Waals surface area (Å²) in [6.07, 6.45) is 7.51. The Labute approximate surface area is 135 Å². The van der Waals surface area contributed by atoms with Gasteiger partial charge in [0.2, 0.25) is 0 Å². The van der Waals surface area contributed by atoms with Crippen LogP contribution in [0.15, 0.2) is 23.5 Å². The molecule has 0 radical (unpaired) electrons. The van der Waals surface area contributed by atoms with Crippen molar-refractivity contribution >= 4 is 25.2 Å². The summed E-state index contributed by atoms with van der Waals surface area (Å²) < 4.78 is 10.3. The summed E-state index contributed by atoms with van der Waals surface area (Å²) in [5.74, 6) is 0.517. The number of aliphatic hydroxyl groups excluding tert-OH is 1. The number of aliphatic hydroxyl groups is 1. The first-order valence-corrected chi connectivity index (χ1v) is 7.43. The van der Waals surface area contributed by atoms with Crippen molar-refractivity contribution in [3.05, 3.63) is 29.9 Å². The molecule has 1 amide bonds. The van der Waals surface area contributed by atoms with Gasteiger partial charge in [-0.05, 0) is 6.92 Å². The Morgan fingerprint density at radius 2 is 2.22 bits per heavy atom. The topological polar surface area (TPSA) is 95.8 Å². The summed E-state index contributed by atoms with van der Waals surface area (Å²) in [7, 11) is 0.557. The van der Waals surface area contributed by atoms with Crippen molar-refractivity contribution in [1.82, 2.24) is 14.9 Å². The number of aliphatic imine (C=N–C) groups is 1. The van der Waals surface area contributed by atoms with Crippen molar-refractivity contribution in [3.63, 3.8) is 0 Å². The molecule has 1 aliphatic heterocycles. The Morgan fingerprint density at radius 3 is 2.87 bits per heavy atom. The second kappa shape index (κ2) is 7.87. The van der Waals surface area contributed by atoms with E-state index in [1.165, 1.54) is 0 Å². The second-order valence-electron chi connectivity index (χ2n) is 5.52. The van der Waals surface area contributed by atoms with E-state index < -0.39 is 12.1 Å². The minimum atomic E-state index is -0.795. The molecule has 3 unspecified atom stereocenters. The second-order valence-corrected chi connectivity index (χ2v) is 5.52. The van der Waals surface area contributed by atoms with Gasteiger partial charge in [0.05, 0.1) is 0 Å². The Balaban J connectivity index is 1.95. The van der Waals surface area contributed by atoms with Gasteiger partial charge in [-0.25, -0.2) is 0 Å². The van der Waals surface area contributed by atoms with Crippen molar-refractivity contribution in [2.75, 3.05) is 6.54 Å². The minimum absolute atomic E-state index is 0.0259. The number of carbonyl (C=O) groups is 1. The van der Waals surface area contributed by atoms with E-state index in [1.54, 1.807) is 36.4 Å². The molecule has 1 fully saturated rings. The molecule has 7 nitrogen and oxygen atoms in total. The van der Waals surface area contributed by atoms with Crippen LogP contribution < -0.4 is 0 Å². The van der Waals surface area contributed by atoms with Gasteiger partial charge in [0.1, 0.15) is 5.82 Å². The zero-order chi connectivity index (χ0) is 16.8. The predicted octanol–water partition coefficient (Wildman–Crippen LogP) is 0.227. The molecule has 1 saturated heterocycles. The summed E-state index contributed by atoms with van der Waals surface area (Å²) >= 11 is 0. The van der Waals surface area contributed by atoms with Crippen LogP contribution in [0.3, 0.4) is 0 Å². The molecule has 1 aliphatic rings. The number of aromatic nitrogens is 2. The molecule has 1 aromatic heterocycles. The maximum atomic E-state index is 12.2. The molecule has 3 atom stereocenters. The Hall–Kier alpha value is -2.22. The maximum absolute atomic E-state index is 12.2. The number of rotatable bonds is 6. The summed E-state index contributed by atoms with van der Waals surface area (Å²) in [5, 5.41) is 10.1. The molecular formula is C15H19BN4O3. The van der Waals surface area contributed by atoms with E-state index in [4.69, 9.17) is 0 Å². The standard InChI is InChI=1S/C15H19BN4O3/c1-10-5-14(19-9-16-23)15(22)20(10)8-13(21)4-3-12-6-17-11(2)18-7-12/h3-4,6-7,9-10,13-14,21H,5,8H2,1-2H3/b4-3+,19-9?. The van der Waals surface area contributed by atoms with E-state index in [2.05, 4.69) is 15.0 Å². The molecule has 1 N–H and O–H groups in total. The first-order chi connectivity index (χ1) is 11.0. The number of nitrogens with zero attached hydrogens (tertiary/aromatic N) is 4. The van der Waals surface area contributed by atoms with Gasteiger partial charge in [-0.15, -0.1) is 0 Å². The number of hydrogen-bond acceptors (Lipinski definition) is 6. The number of hydrogen-bond donors (Lipinski definition) is 1. The van der Waals surface area contributed by atoms with Gasteiger partial charge in [-0.2, -0.15) is 0 Å². The molecule has 2 rings (SSSR count). The van der Waals surface area contributed by atoms with Crippen LogP contribution in [0.1, 0.15) is 24.7 Å². The average Bonchev–Trinajstić information content (AvgIpc) is 2.80. The van der Waals surface area contributed by atoms with E-state index in [9.17, 15) is 14.6 Å². The van der Waals surface area contributed by atoms with Crippen LogP contribution in [0.2, 0.25) is 0 Å². The van der Waals surface area contributed by atoms with E-state index in [-0.39, 0.29) is 18.5 Å². The molecular weight excluding hydrogens is 295 g/mol. The molecule has 8 heteroatoms. The summed E-state index contributed by atoms with van der Waals surface area (Å²) in [4.78, 5) is 25.9. The van der Waals surface area contributed by atoms with Gasteiger partial charge in [-0.1, -0.05) is 0 Å². The molecule has 1 aromatic rings. The first-order valence-electron chi connectivity index (χ1n) is 7.43. The molecule has 0 bridgehead atoms. The Kier molecular flexibility index (Phi) is 5.87. The van der Waals surface area contributed by atoms with E-state index in [0.29, 0.717) is 19.4 Å². The fourth-order valence-electron chi connectivity index (χ4n) is 2.47. The van der Waals surface area contributed by atoms with Gasteiger partial charge >= 0.3 is 122 Å². The van der Waals surface area contributed by atoms with Gasteiger partial charge in [-0.3, -0.25) is 0 Å². The van der Waals surface area contributed by atoms with Crippen molar-refractivity contribution in [3.8, 4) is 0 Å². The van der Waals surface area contributed by atoms with Gasteiger partial charge < -0.3 is 0 Å². The van der Waals surface area contributed by atoms with Crippen LogP contribution in [-0.4, -0.2) is 63.9 Å². The van der Waals surface area contributed by atoms with Gasteiger partial charge in [0, 0.05) is 0 Å². The normalized spacial score (nSPS) is 22.9. The molecule has 120 valence electrons. The zero-order valence-electron chi connectivity index (χ0n) is 13.2.